The van der Waals surface area contributed by atoms with E-state index in [1.165, 1.54) is 14.2 Å². The minimum atomic E-state index is -0.351. The first-order valence-corrected chi connectivity index (χ1v) is 11.3. The summed E-state index contributed by atoms with van der Waals surface area (Å²) in [5, 5.41) is 10.4. The van der Waals surface area contributed by atoms with Crippen LogP contribution in [-0.4, -0.2) is 55.1 Å². The van der Waals surface area contributed by atoms with Gasteiger partial charge in [0, 0.05) is 30.2 Å². The molecule has 0 radical (unpaired) electrons. The number of nitrogens with one attached hydrogen (secondary N) is 2. The van der Waals surface area contributed by atoms with Crippen molar-refractivity contribution in [2.45, 2.75) is 37.0 Å². The van der Waals surface area contributed by atoms with Gasteiger partial charge in [-0.2, -0.15) is 16.9 Å². The molecule has 2 aromatic rings. The summed E-state index contributed by atoms with van der Waals surface area (Å²) in [6.07, 6.45) is 2.05. The van der Waals surface area contributed by atoms with Crippen molar-refractivity contribution in [3.8, 4) is 11.5 Å². The number of ether oxygens (including phenoxy) is 3. The third-order valence-electron chi connectivity index (χ3n) is 5.34. The Morgan fingerprint density at radius 1 is 1.29 bits per heavy atom. The van der Waals surface area contributed by atoms with E-state index in [1.54, 1.807) is 34.6 Å². The van der Waals surface area contributed by atoms with Crippen LogP contribution in [0.15, 0.2) is 18.2 Å². The zero-order valence-corrected chi connectivity index (χ0v) is 18.4. The van der Waals surface area contributed by atoms with Crippen LogP contribution >= 0.6 is 11.8 Å². The third-order valence-corrected chi connectivity index (χ3v) is 6.31. The molecule has 0 bridgehead atoms. The Balaban J connectivity index is 1.51. The fourth-order valence-corrected chi connectivity index (χ4v) is 4.82. The molecule has 1 atom stereocenters. The number of amides is 2. The molecule has 1 saturated heterocycles. The van der Waals surface area contributed by atoms with Crippen LogP contribution in [-0.2, 0) is 27.6 Å². The maximum absolute atomic E-state index is 13.1. The molecule has 3 heterocycles. The van der Waals surface area contributed by atoms with Gasteiger partial charge in [0.15, 0.2) is 11.5 Å². The van der Waals surface area contributed by atoms with E-state index in [0.717, 1.165) is 42.2 Å². The van der Waals surface area contributed by atoms with Gasteiger partial charge < -0.3 is 24.8 Å². The van der Waals surface area contributed by atoms with E-state index in [0.29, 0.717) is 29.4 Å². The van der Waals surface area contributed by atoms with Crippen LogP contribution in [0.3, 0.4) is 0 Å². The number of hydrogen-bond acceptors (Lipinski definition) is 7. The Labute approximate surface area is 184 Å². The molecule has 4 rings (SSSR count). The Morgan fingerprint density at radius 2 is 2.16 bits per heavy atom. The van der Waals surface area contributed by atoms with Crippen LogP contribution in [0.1, 0.15) is 34.5 Å². The van der Waals surface area contributed by atoms with Crippen LogP contribution in [0.4, 0.5) is 5.82 Å². The van der Waals surface area contributed by atoms with E-state index in [-0.39, 0.29) is 24.5 Å². The molecule has 166 valence electrons. The molecule has 2 amide bonds. The number of carbonyl (C=O) groups is 2. The van der Waals surface area contributed by atoms with Gasteiger partial charge in [0.05, 0.1) is 31.6 Å². The molecule has 2 aliphatic rings. The first kappa shape index (κ1) is 21.5. The maximum atomic E-state index is 13.1. The van der Waals surface area contributed by atoms with Gasteiger partial charge in [0.25, 0.3) is 5.91 Å². The summed E-state index contributed by atoms with van der Waals surface area (Å²) < 4.78 is 17.8. The minimum Gasteiger partial charge on any atom is -0.493 e. The number of rotatable bonds is 8. The number of fused-ring (bicyclic) bond motifs is 1. The number of para-hydroxylation sites is 1. The number of hydrogen-bond donors (Lipinski definition) is 2. The summed E-state index contributed by atoms with van der Waals surface area (Å²) >= 11 is 1.73. The molecule has 0 saturated carbocycles. The summed E-state index contributed by atoms with van der Waals surface area (Å²) in [5.74, 6) is 2.34. The number of carbonyl (C=O) groups excluding carboxylic acids is 2. The molecule has 31 heavy (non-hydrogen) atoms. The van der Waals surface area contributed by atoms with Crippen LogP contribution < -0.4 is 20.1 Å². The van der Waals surface area contributed by atoms with Gasteiger partial charge in [0.1, 0.15) is 12.4 Å². The zero-order valence-electron chi connectivity index (χ0n) is 17.6. The van der Waals surface area contributed by atoms with Crippen molar-refractivity contribution in [2.75, 3.05) is 32.7 Å². The van der Waals surface area contributed by atoms with Crippen LogP contribution in [0, 0.1) is 0 Å². The van der Waals surface area contributed by atoms with Crippen LogP contribution in [0.5, 0.6) is 11.5 Å². The number of anilines is 1. The molecule has 2 aliphatic heterocycles. The number of nitrogens with zero attached hydrogens (tertiary/aromatic N) is 2. The average molecular weight is 447 g/mol. The van der Waals surface area contributed by atoms with E-state index >= 15 is 0 Å². The topological polar surface area (TPSA) is 104 Å². The van der Waals surface area contributed by atoms with Crippen LogP contribution in [0.25, 0.3) is 0 Å². The summed E-state index contributed by atoms with van der Waals surface area (Å²) in [6, 6.07) is 5.12. The molecule has 9 nitrogen and oxygen atoms in total. The van der Waals surface area contributed by atoms with Gasteiger partial charge in [-0.1, -0.05) is 6.07 Å². The second kappa shape index (κ2) is 9.61. The maximum Gasteiger partial charge on any atom is 0.260 e. The van der Waals surface area contributed by atoms with Crippen molar-refractivity contribution < 1.29 is 23.8 Å². The molecule has 0 aliphatic carbocycles. The highest BCUT2D eigenvalue weighted by Gasteiger charge is 2.27. The highest BCUT2D eigenvalue weighted by atomic mass is 32.2. The van der Waals surface area contributed by atoms with Gasteiger partial charge in [-0.15, -0.1) is 0 Å². The summed E-state index contributed by atoms with van der Waals surface area (Å²) in [6.45, 7) is 1.25. The normalized spacial score (nSPS) is 17.3. The van der Waals surface area contributed by atoms with E-state index in [2.05, 4.69) is 15.7 Å². The van der Waals surface area contributed by atoms with Gasteiger partial charge in [-0.3, -0.25) is 9.59 Å². The Bertz CT molecular complexity index is 971. The quantitative estimate of drug-likeness (QED) is 0.641. The number of aromatic nitrogens is 2. The molecule has 1 fully saturated rings. The number of thioether (sulfide) groups is 1. The Kier molecular flexibility index (Phi) is 6.67. The standard InChI is InChI=1S/C21H26N4O5S/c1-28-17-7-3-6-14(19(17)29-2)21(27)23-20-15-11-31-12-16(15)24-25(20)10-18(26)22-9-13-5-4-8-30-13/h3,6-7,13H,4-5,8-12H2,1-2H3,(H,22,26)(H,23,27). The average Bonchev–Trinajstić information content (AvgIpc) is 3.51. The first-order valence-electron chi connectivity index (χ1n) is 10.2. The first-order chi connectivity index (χ1) is 15.1. The van der Waals surface area contributed by atoms with Crippen LogP contribution in [0.2, 0.25) is 0 Å². The fraction of sp³-hybridized carbons (Fsp3) is 0.476. The molecule has 2 N–H and O–H groups in total. The van der Waals surface area contributed by atoms with Gasteiger partial charge in [-0.05, 0) is 25.0 Å². The minimum absolute atomic E-state index is 0.0231. The van der Waals surface area contributed by atoms with E-state index in [4.69, 9.17) is 14.2 Å². The van der Waals surface area contributed by atoms with E-state index < -0.39 is 0 Å². The molecule has 1 aromatic carbocycles. The van der Waals surface area contributed by atoms with Gasteiger partial charge in [0.2, 0.25) is 5.91 Å². The van der Waals surface area contributed by atoms with Crippen molar-refractivity contribution in [3.05, 3.63) is 35.0 Å². The molecular formula is C21H26N4O5S. The Morgan fingerprint density at radius 3 is 2.90 bits per heavy atom. The largest absolute Gasteiger partial charge is 0.493 e. The van der Waals surface area contributed by atoms with Crippen molar-refractivity contribution >= 4 is 29.4 Å². The molecule has 1 unspecified atom stereocenters. The molecule has 0 spiro atoms. The molecular weight excluding hydrogens is 420 g/mol. The summed E-state index contributed by atoms with van der Waals surface area (Å²) in [5.41, 5.74) is 2.19. The second-order valence-corrected chi connectivity index (χ2v) is 8.34. The van der Waals surface area contributed by atoms with Gasteiger partial charge in [-0.25, -0.2) is 4.68 Å². The smallest absolute Gasteiger partial charge is 0.260 e. The predicted octanol–water partition coefficient (Wildman–Crippen LogP) is 2.19. The molecule has 1 aromatic heterocycles. The number of benzene rings is 1. The lowest BCUT2D eigenvalue weighted by Gasteiger charge is -2.15. The highest BCUT2D eigenvalue weighted by Crippen LogP contribution is 2.36. The van der Waals surface area contributed by atoms with Gasteiger partial charge >= 0.3 is 0 Å². The number of methoxy groups -OCH3 is 2. The monoisotopic (exact) mass is 446 g/mol. The lowest BCUT2D eigenvalue weighted by Crippen LogP contribution is -2.34. The molecule has 10 heteroatoms. The van der Waals surface area contributed by atoms with E-state index in [9.17, 15) is 9.59 Å². The second-order valence-electron chi connectivity index (χ2n) is 7.36. The Hall–Kier alpha value is -2.72. The lowest BCUT2D eigenvalue weighted by molar-refractivity contribution is -0.122. The summed E-state index contributed by atoms with van der Waals surface area (Å²) in [4.78, 5) is 25.6. The third kappa shape index (κ3) is 4.64. The predicted molar refractivity (Wildman–Crippen MR) is 117 cm³/mol. The van der Waals surface area contributed by atoms with Crippen molar-refractivity contribution in [1.29, 1.82) is 0 Å². The van der Waals surface area contributed by atoms with Crippen molar-refractivity contribution in [1.82, 2.24) is 15.1 Å². The zero-order chi connectivity index (χ0) is 21.8. The summed E-state index contributed by atoms with van der Waals surface area (Å²) in [7, 11) is 3.01. The van der Waals surface area contributed by atoms with Crippen molar-refractivity contribution in [3.63, 3.8) is 0 Å². The fourth-order valence-electron chi connectivity index (χ4n) is 3.79. The highest BCUT2D eigenvalue weighted by molar-refractivity contribution is 7.98. The van der Waals surface area contributed by atoms with Crippen molar-refractivity contribution in [2.24, 2.45) is 0 Å². The lowest BCUT2D eigenvalue weighted by atomic mass is 10.1. The van der Waals surface area contributed by atoms with E-state index in [1.807, 2.05) is 0 Å². The SMILES string of the molecule is COc1cccc(C(=O)Nc2c3c(nn2CC(=O)NCC2CCCO2)CSC3)c1OC.